The number of carbonyl (C=O) groups excluding carboxylic acids is 1. The first kappa shape index (κ1) is 17.9. The largest absolute Gasteiger partial charge is 0.295 e. The van der Waals surface area contributed by atoms with Gasteiger partial charge in [0.25, 0.3) is 0 Å². The van der Waals surface area contributed by atoms with Crippen LogP contribution >= 0.6 is 11.6 Å². The molecule has 0 aliphatic heterocycles. The van der Waals surface area contributed by atoms with Gasteiger partial charge in [-0.05, 0) is 61.1 Å². The SMILES string of the molecule is CC1=C(c2cc(F)c(Cl)cc2C)CCCC1=O.CCCC. The molecule has 1 aromatic carbocycles. The average Bonchev–Trinajstić information content (AvgIpc) is 2.46. The zero-order valence-corrected chi connectivity index (χ0v) is 14.1. The summed E-state index contributed by atoms with van der Waals surface area (Å²) in [5.74, 6) is -0.258. The van der Waals surface area contributed by atoms with Crippen LogP contribution in [0.5, 0.6) is 0 Å². The molecule has 0 unspecified atom stereocenters. The number of ketones is 1. The molecule has 0 aromatic heterocycles. The van der Waals surface area contributed by atoms with Crippen LogP contribution in [-0.4, -0.2) is 5.78 Å². The third-order valence-electron chi connectivity index (χ3n) is 3.79. The second-order valence-corrected chi connectivity index (χ2v) is 5.87. The van der Waals surface area contributed by atoms with Gasteiger partial charge in [0.1, 0.15) is 5.82 Å². The number of allylic oxidation sites excluding steroid dienone is 2. The molecule has 1 aromatic rings. The van der Waals surface area contributed by atoms with Gasteiger partial charge in [-0.2, -0.15) is 0 Å². The van der Waals surface area contributed by atoms with Gasteiger partial charge in [0.15, 0.2) is 5.78 Å². The molecule has 0 bridgehead atoms. The Balaban J connectivity index is 0.000000491. The predicted molar refractivity (Wildman–Crippen MR) is 88.2 cm³/mol. The number of unbranched alkanes of at least 4 members (excludes halogenated alkanes) is 1. The fourth-order valence-corrected chi connectivity index (χ4v) is 2.50. The lowest BCUT2D eigenvalue weighted by molar-refractivity contribution is -0.115. The summed E-state index contributed by atoms with van der Waals surface area (Å²) in [6.45, 7) is 8.07. The number of hydrogen-bond acceptors (Lipinski definition) is 1. The van der Waals surface area contributed by atoms with Crippen LogP contribution in [-0.2, 0) is 4.79 Å². The minimum absolute atomic E-state index is 0.131. The molecule has 0 atom stereocenters. The summed E-state index contributed by atoms with van der Waals surface area (Å²) >= 11 is 5.73. The Hall–Kier alpha value is -1.15. The van der Waals surface area contributed by atoms with Crippen LogP contribution in [0.2, 0.25) is 5.02 Å². The molecular formula is C18H24ClFO. The molecule has 0 radical (unpaired) electrons. The smallest absolute Gasteiger partial charge is 0.158 e. The van der Waals surface area contributed by atoms with Crippen LogP contribution in [0.3, 0.4) is 0 Å². The van der Waals surface area contributed by atoms with Gasteiger partial charge in [0, 0.05) is 6.42 Å². The molecule has 2 rings (SSSR count). The minimum Gasteiger partial charge on any atom is -0.295 e. The third kappa shape index (κ3) is 4.67. The van der Waals surface area contributed by atoms with Gasteiger partial charge in [0.05, 0.1) is 5.02 Å². The summed E-state index contributed by atoms with van der Waals surface area (Å²) in [5.41, 5.74) is 3.47. The lowest BCUT2D eigenvalue weighted by Gasteiger charge is -2.19. The van der Waals surface area contributed by atoms with Gasteiger partial charge in [0.2, 0.25) is 0 Å². The average molecular weight is 311 g/mol. The molecule has 0 heterocycles. The molecule has 3 heteroatoms. The van der Waals surface area contributed by atoms with Crippen molar-refractivity contribution in [1.29, 1.82) is 0 Å². The standard InChI is InChI=1S/C14H14ClFO.C4H10/c1-8-6-12(15)13(16)7-11(8)10-4-3-5-14(17)9(10)2;1-3-4-2/h6-7H,3-5H2,1-2H3;3-4H2,1-2H3. The monoisotopic (exact) mass is 310 g/mol. The summed E-state index contributed by atoms with van der Waals surface area (Å²) in [7, 11) is 0. The van der Waals surface area contributed by atoms with Crippen molar-refractivity contribution in [3.05, 3.63) is 39.7 Å². The van der Waals surface area contributed by atoms with Gasteiger partial charge in [-0.25, -0.2) is 4.39 Å². The van der Waals surface area contributed by atoms with Crippen LogP contribution in [0.25, 0.3) is 5.57 Å². The van der Waals surface area contributed by atoms with E-state index in [1.807, 2.05) is 13.8 Å². The molecule has 21 heavy (non-hydrogen) atoms. The van der Waals surface area contributed by atoms with E-state index in [2.05, 4.69) is 13.8 Å². The number of Topliss-reactive ketones (excluding diaryl/α,β-unsaturated/α-hetero) is 1. The van der Waals surface area contributed by atoms with Crippen molar-refractivity contribution in [2.24, 2.45) is 0 Å². The molecule has 0 fully saturated rings. The van der Waals surface area contributed by atoms with E-state index >= 15 is 0 Å². The minimum atomic E-state index is -0.425. The lowest BCUT2D eigenvalue weighted by atomic mass is 9.85. The lowest BCUT2D eigenvalue weighted by Crippen LogP contribution is -2.09. The Morgan fingerprint density at radius 1 is 1.14 bits per heavy atom. The molecular weight excluding hydrogens is 287 g/mol. The first-order valence-electron chi connectivity index (χ1n) is 7.61. The van der Waals surface area contributed by atoms with E-state index in [9.17, 15) is 9.18 Å². The van der Waals surface area contributed by atoms with Gasteiger partial charge < -0.3 is 0 Å². The van der Waals surface area contributed by atoms with Crippen molar-refractivity contribution in [1.82, 2.24) is 0 Å². The number of halogens is 2. The summed E-state index contributed by atoms with van der Waals surface area (Å²) in [4.78, 5) is 11.7. The van der Waals surface area contributed by atoms with Crippen molar-refractivity contribution in [2.45, 2.75) is 59.8 Å². The third-order valence-corrected chi connectivity index (χ3v) is 4.08. The normalized spacial score (nSPS) is 14.9. The molecule has 0 saturated heterocycles. The predicted octanol–water partition coefficient (Wildman–Crippen LogP) is 6.12. The van der Waals surface area contributed by atoms with Gasteiger partial charge in [-0.15, -0.1) is 0 Å². The Morgan fingerprint density at radius 2 is 1.76 bits per heavy atom. The van der Waals surface area contributed by atoms with E-state index in [-0.39, 0.29) is 10.8 Å². The highest BCUT2D eigenvalue weighted by molar-refractivity contribution is 6.30. The number of carbonyl (C=O) groups is 1. The summed E-state index contributed by atoms with van der Waals surface area (Å²) < 4.78 is 13.5. The first-order chi connectivity index (χ1) is 9.92. The second kappa shape index (κ2) is 8.33. The number of benzene rings is 1. The maximum atomic E-state index is 13.5. The van der Waals surface area contributed by atoms with Crippen molar-refractivity contribution in [3.63, 3.8) is 0 Å². The van der Waals surface area contributed by atoms with E-state index in [0.29, 0.717) is 6.42 Å². The van der Waals surface area contributed by atoms with E-state index in [4.69, 9.17) is 11.6 Å². The van der Waals surface area contributed by atoms with E-state index in [1.165, 1.54) is 18.9 Å². The van der Waals surface area contributed by atoms with Crippen LogP contribution in [0.15, 0.2) is 17.7 Å². The maximum absolute atomic E-state index is 13.5. The van der Waals surface area contributed by atoms with Crippen LogP contribution < -0.4 is 0 Å². The molecule has 0 N–H and O–H groups in total. The number of aryl methyl sites for hydroxylation is 1. The highest BCUT2D eigenvalue weighted by atomic mass is 35.5. The fraction of sp³-hybridized carbons (Fsp3) is 0.500. The quantitative estimate of drug-likeness (QED) is 0.643. The number of hydrogen-bond donors (Lipinski definition) is 0. The van der Waals surface area contributed by atoms with Gasteiger partial charge in [-0.1, -0.05) is 38.3 Å². The number of rotatable bonds is 2. The van der Waals surface area contributed by atoms with Crippen molar-refractivity contribution in [2.75, 3.05) is 0 Å². The molecule has 1 aliphatic rings. The molecule has 0 saturated carbocycles. The van der Waals surface area contributed by atoms with Crippen molar-refractivity contribution >= 4 is 23.0 Å². The van der Waals surface area contributed by atoms with E-state index < -0.39 is 5.82 Å². The van der Waals surface area contributed by atoms with Crippen molar-refractivity contribution in [3.8, 4) is 0 Å². The van der Waals surface area contributed by atoms with Crippen LogP contribution in [0.1, 0.15) is 64.0 Å². The van der Waals surface area contributed by atoms with Gasteiger partial charge >= 0.3 is 0 Å². The first-order valence-corrected chi connectivity index (χ1v) is 7.99. The van der Waals surface area contributed by atoms with Crippen LogP contribution in [0, 0.1) is 12.7 Å². The zero-order chi connectivity index (χ0) is 16.0. The molecule has 1 nitrogen and oxygen atoms in total. The van der Waals surface area contributed by atoms with Crippen molar-refractivity contribution < 1.29 is 9.18 Å². The summed E-state index contributed by atoms with van der Waals surface area (Å²) in [6, 6.07) is 3.06. The van der Waals surface area contributed by atoms with Gasteiger partial charge in [-0.3, -0.25) is 4.79 Å². The Kier molecular flexibility index (Phi) is 7.10. The zero-order valence-electron chi connectivity index (χ0n) is 13.4. The molecule has 0 amide bonds. The fourth-order valence-electron chi connectivity index (χ4n) is 2.28. The molecule has 116 valence electrons. The summed E-state index contributed by atoms with van der Waals surface area (Å²) in [5, 5.41) is 0.131. The Labute approximate surface area is 132 Å². The van der Waals surface area contributed by atoms with Crippen LogP contribution in [0.4, 0.5) is 4.39 Å². The van der Waals surface area contributed by atoms with E-state index in [1.54, 1.807) is 6.07 Å². The van der Waals surface area contributed by atoms with E-state index in [0.717, 1.165) is 35.1 Å². The highest BCUT2D eigenvalue weighted by Gasteiger charge is 2.20. The molecule has 1 aliphatic carbocycles. The Morgan fingerprint density at radius 3 is 2.33 bits per heavy atom. The summed E-state index contributed by atoms with van der Waals surface area (Å²) in [6.07, 6.45) is 4.92. The Bertz CT molecular complexity index is 544. The topological polar surface area (TPSA) is 17.1 Å². The molecule has 0 spiro atoms. The highest BCUT2D eigenvalue weighted by Crippen LogP contribution is 2.33. The second-order valence-electron chi connectivity index (χ2n) is 5.46. The maximum Gasteiger partial charge on any atom is 0.158 e.